The van der Waals surface area contributed by atoms with E-state index in [0.29, 0.717) is 16.7 Å². The van der Waals surface area contributed by atoms with E-state index in [1.807, 2.05) is 13.0 Å². The Hall–Kier alpha value is -3.08. The summed E-state index contributed by atoms with van der Waals surface area (Å²) in [6.45, 7) is 1.86. The van der Waals surface area contributed by atoms with Crippen LogP contribution in [-0.2, 0) is 0 Å². The first-order valence-corrected chi connectivity index (χ1v) is 6.67. The van der Waals surface area contributed by atoms with Crippen molar-refractivity contribution in [3.8, 4) is 5.75 Å². The molecule has 0 bridgehead atoms. The SMILES string of the molecule is Cc1ccc2occ(C(=O)Nc3ccc(O)cc3)c(=O)c2c1. The Balaban J connectivity index is 1.99. The van der Waals surface area contributed by atoms with E-state index in [4.69, 9.17) is 4.42 Å². The van der Waals surface area contributed by atoms with Crippen molar-refractivity contribution in [3.63, 3.8) is 0 Å². The summed E-state index contributed by atoms with van der Waals surface area (Å²) >= 11 is 0. The lowest BCUT2D eigenvalue weighted by molar-refractivity contribution is 0.102. The van der Waals surface area contributed by atoms with Crippen LogP contribution in [0.5, 0.6) is 5.75 Å². The smallest absolute Gasteiger partial charge is 0.262 e. The first kappa shape index (κ1) is 13.9. The molecule has 0 fully saturated rings. The van der Waals surface area contributed by atoms with Crippen LogP contribution in [0.1, 0.15) is 15.9 Å². The molecule has 3 rings (SSSR count). The van der Waals surface area contributed by atoms with E-state index in [9.17, 15) is 14.7 Å². The number of fused-ring (bicyclic) bond motifs is 1. The summed E-state index contributed by atoms with van der Waals surface area (Å²) in [5, 5.41) is 12.2. The first-order valence-electron chi connectivity index (χ1n) is 6.67. The van der Waals surface area contributed by atoms with Crippen molar-refractivity contribution in [1.82, 2.24) is 0 Å². The van der Waals surface area contributed by atoms with Crippen molar-refractivity contribution in [2.45, 2.75) is 6.92 Å². The largest absolute Gasteiger partial charge is 0.508 e. The molecule has 2 N–H and O–H groups in total. The molecule has 1 amide bonds. The molecule has 110 valence electrons. The monoisotopic (exact) mass is 295 g/mol. The highest BCUT2D eigenvalue weighted by molar-refractivity contribution is 6.05. The van der Waals surface area contributed by atoms with Gasteiger partial charge >= 0.3 is 0 Å². The van der Waals surface area contributed by atoms with Crippen LogP contribution in [0.2, 0.25) is 0 Å². The summed E-state index contributed by atoms with van der Waals surface area (Å²) < 4.78 is 5.36. The molecule has 0 radical (unpaired) electrons. The Bertz CT molecular complexity index is 910. The lowest BCUT2D eigenvalue weighted by Gasteiger charge is -2.05. The van der Waals surface area contributed by atoms with Crippen molar-refractivity contribution in [2.24, 2.45) is 0 Å². The van der Waals surface area contributed by atoms with Crippen molar-refractivity contribution in [3.05, 3.63) is 70.1 Å². The first-order chi connectivity index (χ1) is 10.5. The maximum Gasteiger partial charge on any atom is 0.262 e. The average Bonchev–Trinajstić information content (AvgIpc) is 2.50. The summed E-state index contributed by atoms with van der Waals surface area (Å²) in [4.78, 5) is 24.6. The molecule has 3 aromatic rings. The molecular weight excluding hydrogens is 282 g/mol. The van der Waals surface area contributed by atoms with Gasteiger partial charge in [-0.05, 0) is 43.3 Å². The molecular formula is C17H13NO4. The van der Waals surface area contributed by atoms with Crippen LogP contribution >= 0.6 is 0 Å². The van der Waals surface area contributed by atoms with Gasteiger partial charge in [0.15, 0.2) is 0 Å². The van der Waals surface area contributed by atoms with Gasteiger partial charge in [-0.1, -0.05) is 11.6 Å². The molecule has 22 heavy (non-hydrogen) atoms. The Morgan fingerprint density at radius 3 is 2.59 bits per heavy atom. The zero-order valence-corrected chi connectivity index (χ0v) is 11.8. The fraction of sp³-hybridized carbons (Fsp3) is 0.0588. The predicted molar refractivity (Wildman–Crippen MR) is 83.3 cm³/mol. The molecule has 0 saturated heterocycles. The van der Waals surface area contributed by atoms with Crippen LogP contribution in [0.15, 0.2) is 57.9 Å². The van der Waals surface area contributed by atoms with Gasteiger partial charge in [-0.3, -0.25) is 9.59 Å². The highest BCUT2D eigenvalue weighted by Gasteiger charge is 2.14. The Morgan fingerprint density at radius 1 is 1.14 bits per heavy atom. The maximum atomic E-state index is 12.4. The number of benzene rings is 2. The minimum absolute atomic E-state index is 0.0637. The molecule has 0 aliphatic heterocycles. The number of aromatic hydroxyl groups is 1. The predicted octanol–water partition coefficient (Wildman–Crippen LogP) is 3.06. The fourth-order valence-corrected chi connectivity index (χ4v) is 2.14. The van der Waals surface area contributed by atoms with E-state index < -0.39 is 5.91 Å². The standard InChI is InChI=1S/C17H13NO4/c1-10-2-7-15-13(8-10)16(20)14(9-22-15)17(21)18-11-3-5-12(19)6-4-11/h2-9,19H,1H3,(H,18,21). The maximum absolute atomic E-state index is 12.4. The minimum Gasteiger partial charge on any atom is -0.508 e. The van der Waals surface area contributed by atoms with Gasteiger partial charge < -0.3 is 14.8 Å². The van der Waals surface area contributed by atoms with E-state index in [1.165, 1.54) is 12.1 Å². The average molecular weight is 295 g/mol. The second kappa shape index (κ2) is 5.37. The quantitative estimate of drug-likeness (QED) is 0.712. The number of phenolic OH excluding ortho intramolecular Hbond substituents is 1. The van der Waals surface area contributed by atoms with Gasteiger partial charge in [0.05, 0.1) is 5.39 Å². The number of amides is 1. The minimum atomic E-state index is -0.553. The summed E-state index contributed by atoms with van der Waals surface area (Å²) in [5.41, 5.74) is 1.40. The third-order valence-corrected chi connectivity index (χ3v) is 3.30. The van der Waals surface area contributed by atoms with E-state index in [-0.39, 0.29) is 16.7 Å². The van der Waals surface area contributed by atoms with Crippen LogP contribution in [0.4, 0.5) is 5.69 Å². The number of carbonyl (C=O) groups is 1. The fourth-order valence-electron chi connectivity index (χ4n) is 2.14. The van der Waals surface area contributed by atoms with Crippen molar-refractivity contribution >= 4 is 22.6 Å². The van der Waals surface area contributed by atoms with Gasteiger partial charge in [-0.2, -0.15) is 0 Å². The van der Waals surface area contributed by atoms with E-state index >= 15 is 0 Å². The second-order valence-electron chi connectivity index (χ2n) is 4.98. The highest BCUT2D eigenvalue weighted by Crippen LogP contribution is 2.16. The Kier molecular flexibility index (Phi) is 3.39. The summed E-state index contributed by atoms with van der Waals surface area (Å²) in [7, 11) is 0. The van der Waals surface area contributed by atoms with Crippen molar-refractivity contribution < 1.29 is 14.3 Å². The molecule has 0 unspecified atom stereocenters. The van der Waals surface area contributed by atoms with Crippen LogP contribution in [0.3, 0.4) is 0 Å². The molecule has 0 spiro atoms. The molecule has 1 heterocycles. The highest BCUT2D eigenvalue weighted by atomic mass is 16.3. The van der Waals surface area contributed by atoms with Gasteiger partial charge in [0, 0.05) is 5.69 Å². The summed E-state index contributed by atoms with van der Waals surface area (Å²) in [5.74, 6) is -0.457. The Labute approximate surface area is 125 Å². The second-order valence-corrected chi connectivity index (χ2v) is 4.98. The third-order valence-electron chi connectivity index (χ3n) is 3.30. The molecule has 0 aliphatic rings. The van der Waals surface area contributed by atoms with Crippen LogP contribution in [0.25, 0.3) is 11.0 Å². The zero-order chi connectivity index (χ0) is 15.7. The van der Waals surface area contributed by atoms with Gasteiger partial charge in [0.2, 0.25) is 5.43 Å². The normalized spacial score (nSPS) is 10.6. The van der Waals surface area contributed by atoms with Gasteiger partial charge in [0.25, 0.3) is 5.91 Å². The molecule has 2 aromatic carbocycles. The number of aryl methyl sites for hydroxylation is 1. The van der Waals surface area contributed by atoms with Crippen molar-refractivity contribution in [1.29, 1.82) is 0 Å². The number of anilines is 1. The Morgan fingerprint density at radius 2 is 1.86 bits per heavy atom. The van der Waals surface area contributed by atoms with Crippen LogP contribution in [-0.4, -0.2) is 11.0 Å². The molecule has 5 nitrogen and oxygen atoms in total. The van der Waals surface area contributed by atoms with Crippen molar-refractivity contribution in [2.75, 3.05) is 5.32 Å². The molecule has 5 heteroatoms. The topological polar surface area (TPSA) is 79.5 Å². The van der Waals surface area contributed by atoms with E-state index in [2.05, 4.69) is 5.32 Å². The van der Waals surface area contributed by atoms with Gasteiger partial charge in [0.1, 0.15) is 23.2 Å². The lowest BCUT2D eigenvalue weighted by Crippen LogP contribution is -2.21. The number of hydrogen-bond acceptors (Lipinski definition) is 4. The summed E-state index contributed by atoms with van der Waals surface area (Å²) in [6, 6.07) is 11.2. The molecule has 0 saturated carbocycles. The number of carbonyl (C=O) groups excluding carboxylic acids is 1. The van der Waals surface area contributed by atoms with E-state index in [0.717, 1.165) is 11.8 Å². The van der Waals surface area contributed by atoms with Crippen LogP contribution in [0, 0.1) is 6.92 Å². The third kappa shape index (κ3) is 2.56. The number of nitrogens with one attached hydrogen (secondary N) is 1. The molecule has 0 atom stereocenters. The molecule has 0 aliphatic carbocycles. The van der Waals surface area contributed by atoms with Crippen LogP contribution < -0.4 is 10.7 Å². The number of hydrogen-bond donors (Lipinski definition) is 2. The van der Waals surface area contributed by atoms with E-state index in [1.54, 1.807) is 24.3 Å². The summed E-state index contributed by atoms with van der Waals surface area (Å²) in [6.07, 6.45) is 1.16. The number of phenols is 1. The zero-order valence-electron chi connectivity index (χ0n) is 11.8. The van der Waals surface area contributed by atoms with Gasteiger partial charge in [-0.25, -0.2) is 0 Å². The molecule has 1 aromatic heterocycles. The van der Waals surface area contributed by atoms with Gasteiger partial charge in [-0.15, -0.1) is 0 Å². The number of rotatable bonds is 2. The lowest BCUT2D eigenvalue weighted by atomic mass is 10.1.